The van der Waals surface area contributed by atoms with Gasteiger partial charge in [-0.2, -0.15) is 18.3 Å². The molecule has 0 radical (unpaired) electrons. The van der Waals surface area contributed by atoms with Crippen LogP contribution in [-0.2, 0) is 6.18 Å². The number of rotatable bonds is 3. The number of aromatic nitrogens is 3. The monoisotopic (exact) mass is 380 g/mol. The van der Waals surface area contributed by atoms with Crippen LogP contribution in [0.25, 0.3) is 5.69 Å². The zero-order valence-corrected chi connectivity index (χ0v) is 14.1. The summed E-state index contributed by atoms with van der Waals surface area (Å²) in [7, 11) is 0. The number of hydrogen-bond acceptors (Lipinski definition) is 4. The minimum Gasteiger partial charge on any atom is -0.383 e. The average Bonchev–Trinajstić information content (AvgIpc) is 3.06. The van der Waals surface area contributed by atoms with E-state index in [1.165, 1.54) is 48.4 Å². The molecule has 3 rings (SSSR count). The molecule has 0 unspecified atom stereocenters. The Balaban J connectivity index is 1.98. The third kappa shape index (κ3) is 3.41. The van der Waals surface area contributed by atoms with Crippen LogP contribution in [-0.4, -0.2) is 20.5 Å². The molecule has 2 aromatic heterocycles. The molecule has 1 aromatic carbocycles. The summed E-state index contributed by atoms with van der Waals surface area (Å²) in [6, 6.07) is 5.18. The van der Waals surface area contributed by atoms with Gasteiger partial charge in [0.25, 0.3) is 0 Å². The summed E-state index contributed by atoms with van der Waals surface area (Å²) in [6.45, 7) is 1.37. The Hall–Kier alpha value is -2.87. The second kappa shape index (κ2) is 6.45. The molecule has 0 saturated carbocycles. The van der Waals surface area contributed by atoms with Crippen LogP contribution < -0.4 is 5.73 Å². The number of hydrogen-bond donors (Lipinski definition) is 1. The van der Waals surface area contributed by atoms with E-state index >= 15 is 0 Å². The smallest absolute Gasteiger partial charge is 0.383 e. The number of benzene rings is 1. The van der Waals surface area contributed by atoms with Crippen molar-refractivity contribution in [2.45, 2.75) is 13.1 Å². The minimum absolute atomic E-state index is 0.00171. The van der Waals surface area contributed by atoms with Gasteiger partial charge >= 0.3 is 6.18 Å². The summed E-state index contributed by atoms with van der Waals surface area (Å²) in [5, 5.41) is 4.21. The molecule has 0 aliphatic rings. The Kier molecular flexibility index (Phi) is 4.45. The van der Waals surface area contributed by atoms with Crippen LogP contribution in [0.3, 0.4) is 0 Å². The Morgan fingerprint density at radius 1 is 1.23 bits per heavy atom. The van der Waals surface area contributed by atoms with Gasteiger partial charge in [-0.25, -0.2) is 9.67 Å². The maximum Gasteiger partial charge on any atom is 0.416 e. The van der Waals surface area contributed by atoms with Crippen LogP contribution in [0.2, 0.25) is 5.02 Å². The van der Waals surface area contributed by atoms with E-state index in [0.29, 0.717) is 0 Å². The van der Waals surface area contributed by atoms with Gasteiger partial charge < -0.3 is 5.73 Å². The minimum atomic E-state index is -4.48. The van der Waals surface area contributed by atoms with E-state index < -0.39 is 17.5 Å². The van der Waals surface area contributed by atoms with E-state index in [-0.39, 0.29) is 33.2 Å². The molecule has 0 amide bonds. The summed E-state index contributed by atoms with van der Waals surface area (Å²) in [5.74, 6) is -0.478. The molecule has 0 bridgehead atoms. The molecule has 2 N–H and O–H groups in total. The van der Waals surface area contributed by atoms with Crippen molar-refractivity contribution in [3.63, 3.8) is 0 Å². The first-order valence-corrected chi connectivity index (χ1v) is 7.73. The predicted molar refractivity (Wildman–Crippen MR) is 90.4 cm³/mol. The van der Waals surface area contributed by atoms with Crippen molar-refractivity contribution in [2.75, 3.05) is 5.73 Å². The second-order valence-electron chi connectivity index (χ2n) is 5.59. The highest BCUT2D eigenvalue weighted by molar-refractivity contribution is 6.31. The molecule has 9 heteroatoms. The molecule has 5 nitrogen and oxygen atoms in total. The van der Waals surface area contributed by atoms with Gasteiger partial charge in [-0.3, -0.25) is 4.79 Å². The van der Waals surface area contributed by atoms with Gasteiger partial charge in [0, 0.05) is 12.4 Å². The number of halogens is 4. The summed E-state index contributed by atoms with van der Waals surface area (Å²) in [5.41, 5.74) is 5.45. The fourth-order valence-electron chi connectivity index (χ4n) is 2.43. The largest absolute Gasteiger partial charge is 0.416 e. The number of nitrogen functional groups attached to an aromatic ring is 1. The number of pyridine rings is 1. The topological polar surface area (TPSA) is 73.8 Å². The van der Waals surface area contributed by atoms with Crippen molar-refractivity contribution in [2.24, 2.45) is 0 Å². The molecule has 0 aliphatic carbocycles. The maximum absolute atomic E-state index is 13.1. The van der Waals surface area contributed by atoms with Gasteiger partial charge in [-0.1, -0.05) is 17.7 Å². The van der Waals surface area contributed by atoms with Crippen molar-refractivity contribution >= 4 is 23.2 Å². The standard InChI is InChI=1S/C17H12ClF3N4O/c1-9-2-3-12(5-14(9)17(19,20)21)25-8-10(6-24-25)15(26)13-4-11(18)7-23-16(13)22/h2-8H,1H3,(H2,22,23). The van der Waals surface area contributed by atoms with Crippen LogP contribution in [0, 0.1) is 6.92 Å². The maximum atomic E-state index is 13.1. The number of nitrogens with zero attached hydrogens (tertiary/aromatic N) is 3. The van der Waals surface area contributed by atoms with Crippen LogP contribution >= 0.6 is 11.6 Å². The Morgan fingerprint density at radius 3 is 2.65 bits per heavy atom. The number of aryl methyl sites for hydroxylation is 1. The summed E-state index contributed by atoms with van der Waals surface area (Å²) >= 11 is 5.83. The quantitative estimate of drug-likeness (QED) is 0.695. The third-order valence-corrected chi connectivity index (χ3v) is 3.97. The molecule has 0 aliphatic heterocycles. The SMILES string of the molecule is Cc1ccc(-n2cc(C(=O)c3cc(Cl)cnc3N)cn2)cc1C(F)(F)F. The Labute approximate surface area is 151 Å². The van der Waals surface area contributed by atoms with Crippen LogP contribution in [0.4, 0.5) is 19.0 Å². The summed E-state index contributed by atoms with van der Waals surface area (Å²) in [6.07, 6.45) is -0.599. The Bertz CT molecular complexity index is 998. The number of carbonyl (C=O) groups is 1. The van der Waals surface area contributed by atoms with Crippen molar-refractivity contribution in [1.29, 1.82) is 0 Å². The lowest BCUT2D eigenvalue weighted by Gasteiger charge is -2.12. The van der Waals surface area contributed by atoms with E-state index in [0.717, 1.165) is 6.07 Å². The molecule has 2 heterocycles. The van der Waals surface area contributed by atoms with Gasteiger partial charge in [-0.15, -0.1) is 0 Å². The predicted octanol–water partition coefficient (Wildman–Crippen LogP) is 4.06. The number of anilines is 1. The van der Waals surface area contributed by atoms with Gasteiger partial charge in [0.05, 0.1) is 33.6 Å². The highest BCUT2D eigenvalue weighted by Crippen LogP contribution is 2.33. The summed E-state index contributed by atoms with van der Waals surface area (Å²) in [4.78, 5) is 16.3. The normalized spacial score (nSPS) is 11.6. The van der Waals surface area contributed by atoms with E-state index in [1.807, 2.05) is 0 Å². The first-order valence-electron chi connectivity index (χ1n) is 7.35. The molecule has 3 aromatic rings. The number of ketones is 1. The van der Waals surface area contributed by atoms with E-state index in [9.17, 15) is 18.0 Å². The average molecular weight is 381 g/mol. The van der Waals surface area contributed by atoms with Crippen LogP contribution in [0.1, 0.15) is 27.0 Å². The van der Waals surface area contributed by atoms with Crippen molar-refractivity contribution in [3.05, 3.63) is 70.1 Å². The van der Waals surface area contributed by atoms with Crippen molar-refractivity contribution < 1.29 is 18.0 Å². The second-order valence-corrected chi connectivity index (χ2v) is 6.02. The molecule has 0 spiro atoms. The molecule has 134 valence electrons. The Morgan fingerprint density at radius 2 is 1.96 bits per heavy atom. The molecular formula is C17H12ClF3N4O. The van der Waals surface area contributed by atoms with Crippen LogP contribution in [0.5, 0.6) is 0 Å². The van der Waals surface area contributed by atoms with E-state index in [2.05, 4.69) is 10.1 Å². The van der Waals surface area contributed by atoms with Crippen molar-refractivity contribution in [1.82, 2.24) is 14.8 Å². The molecule has 0 saturated heterocycles. The fourth-order valence-corrected chi connectivity index (χ4v) is 2.58. The lowest BCUT2D eigenvalue weighted by atomic mass is 10.1. The molecular weight excluding hydrogens is 369 g/mol. The highest BCUT2D eigenvalue weighted by Gasteiger charge is 2.32. The molecule has 0 atom stereocenters. The summed E-state index contributed by atoms with van der Waals surface area (Å²) < 4.78 is 40.4. The van der Waals surface area contributed by atoms with Gasteiger partial charge in [0.2, 0.25) is 0 Å². The molecule has 0 fully saturated rings. The van der Waals surface area contributed by atoms with Gasteiger partial charge in [0.15, 0.2) is 5.78 Å². The zero-order valence-electron chi connectivity index (χ0n) is 13.4. The van der Waals surface area contributed by atoms with Gasteiger partial charge in [0.1, 0.15) is 5.82 Å². The lowest BCUT2D eigenvalue weighted by Crippen LogP contribution is -2.09. The van der Waals surface area contributed by atoms with E-state index in [1.54, 1.807) is 0 Å². The fraction of sp³-hybridized carbons (Fsp3) is 0.118. The highest BCUT2D eigenvalue weighted by atomic mass is 35.5. The van der Waals surface area contributed by atoms with Crippen molar-refractivity contribution in [3.8, 4) is 5.69 Å². The van der Waals surface area contributed by atoms with E-state index in [4.69, 9.17) is 17.3 Å². The first kappa shape index (κ1) is 17.9. The molecule has 26 heavy (non-hydrogen) atoms. The number of alkyl halides is 3. The van der Waals surface area contributed by atoms with Gasteiger partial charge in [-0.05, 0) is 30.7 Å². The number of nitrogens with two attached hydrogens (primary N) is 1. The third-order valence-electron chi connectivity index (χ3n) is 3.77. The zero-order chi connectivity index (χ0) is 19.1. The number of carbonyl (C=O) groups excluding carboxylic acids is 1. The van der Waals surface area contributed by atoms with Crippen LogP contribution in [0.15, 0.2) is 42.9 Å². The first-order chi connectivity index (χ1) is 12.2. The lowest BCUT2D eigenvalue weighted by molar-refractivity contribution is -0.138.